The lowest BCUT2D eigenvalue weighted by molar-refractivity contribution is 0.180. The zero-order valence-electron chi connectivity index (χ0n) is 16.0. The van der Waals surface area contributed by atoms with Crippen molar-refractivity contribution in [2.24, 2.45) is 10.9 Å². The minimum Gasteiger partial charge on any atom is -0.497 e. The molecule has 1 saturated heterocycles. The van der Waals surface area contributed by atoms with Crippen LogP contribution in [0.3, 0.4) is 0 Å². The summed E-state index contributed by atoms with van der Waals surface area (Å²) < 4.78 is 5.22. The summed E-state index contributed by atoms with van der Waals surface area (Å²) in [6.07, 6.45) is 4.27. The third kappa shape index (κ3) is 7.95. The molecule has 0 unspecified atom stereocenters. The molecule has 1 heterocycles. The standard InChI is InChI=1S/C20H32N4O.HI/c1-4-12-22-20(21-5-2)23-15-17-10-13-24(14-11-17)16-18-6-8-19(25-3)9-7-18;/h4,6-9,17H,1,5,10-16H2,2-3H3,(H2,21,22,23);1H. The molecule has 0 atom stereocenters. The maximum Gasteiger partial charge on any atom is 0.191 e. The largest absolute Gasteiger partial charge is 0.497 e. The number of hydrogen-bond donors (Lipinski definition) is 2. The lowest BCUT2D eigenvalue weighted by Gasteiger charge is -2.31. The fourth-order valence-corrected chi connectivity index (χ4v) is 3.05. The zero-order chi connectivity index (χ0) is 17.9. The average molecular weight is 472 g/mol. The predicted octanol–water partition coefficient (Wildman–Crippen LogP) is 3.27. The van der Waals surface area contributed by atoms with Gasteiger partial charge in [-0.1, -0.05) is 18.2 Å². The number of benzene rings is 1. The molecule has 0 saturated carbocycles. The minimum atomic E-state index is 0. The highest BCUT2D eigenvalue weighted by molar-refractivity contribution is 14.0. The number of piperidine rings is 1. The number of halogens is 1. The van der Waals surface area contributed by atoms with Crippen molar-refractivity contribution in [1.29, 1.82) is 0 Å². The summed E-state index contributed by atoms with van der Waals surface area (Å²) >= 11 is 0. The van der Waals surface area contributed by atoms with Crippen molar-refractivity contribution in [2.45, 2.75) is 26.3 Å². The molecule has 0 radical (unpaired) electrons. The molecule has 0 aliphatic carbocycles. The van der Waals surface area contributed by atoms with E-state index in [2.05, 4.69) is 41.2 Å². The maximum atomic E-state index is 5.22. The first-order valence-electron chi connectivity index (χ1n) is 9.23. The highest BCUT2D eigenvalue weighted by atomic mass is 127. The van der Waals surface area contributed by atoms with E-state index in [1.807, 2.05) is 18.2 Å². The molecule has 1 aromatic carbocycles. The van der Waals surface area contributed by atoms with Crippen LogP contribution >= 0.6 is 24.0 Å². The Bertz CT molecular complexity index is 539. The van der Waals surface area contributed by atoms with Crippen LogP contribution in [-0.2, 0) is 6.54 Å². The molecular weight excluding hydrogens is 439 g/mol. The lowest BCUT2D eigenvalue weighted by Crippen LogP contribution is -2.38. The molecule has 0 spiro atoms. The Kier molecular flexibility index (Phi) is 11.4. The molecule has 1 aliphatic rings. The topological polar surface area (TPSA) is 48.9 Å². The fourth-order valence-electron chi connectivity index (χ4n) is 3.05. The lowest BCUT2D eigenvalue weighted by atomic mass is 9.96. The molecule has 2 N–H and O–H groups in total. The van der Waals surface area contributed by atoms with Crippen LogP contribution in [0.1, 0.15) is 25.3 Å². The fraction of sp³-hybridized carbons (Fsp3) is 0.550. The second-order valence-corrected chi connectivity index (χ2v) is 6.46. The van der Waals surface area contributed by atoms with Gasteiger partial charge in [0, 0.05) is 26.2 Å². The van der Waals surface area contributed by atoms with E-state index in [1.165, 1.54) is 18.4 Å². The number of methoxy groups -OCH3 is 1. The Balaban J connectivity index is 0.00000338. The number of ether oxygens (including phenoxy) is 1. The Hall–Kier alpha value is -1.28. The first kappa shape index (κ1) is 22.8. The van der Waals surface area contributed by atoms with Crippen molar-refractivity contribution in [3.05, 3.63) is 42.5 Å². The monoisotopic (exact) mass is 472 g/mol. The van der Waals surface area contributed by atoms with Gasteiger partial charge < -0.3 is 15.4 Å². The van der Waals surface area contributed by atoms with Gasteiger partial charge >= 0.3 is 0 Å². The van der Waals surface area contributed by atoms with Crippen LogP contribution in [0, 0.1) is 5.92 Å². The molecule has 1 fully saturated rings. The van der Waals surface area contributed by atoms with Gasteiger partial charge in [0.05, 0.1) is 7.11 Å². The van der Waals surface area contributed by atoms with Crippen LogP contribution in [0.25, 0.3) is 0 Å². The number of aliphatic imine (C=N–C) groups is 1. The molecule has 0 aromatic heterocycles. The number of rotatable bonds is 8. The molecule has 0 amide bonds. The summed E-state index contributed by atoms with van der Waals surface area (Å²) in [5.74, 6) is 2.48. The summed E-state index contributed by atoms with van der Waals surface area (Å²) in [7, 11) is 1.70. The molecule has 26 heavy (non-hydrogen) atoms. The third-order valence-corrected chi connectivity index (χ3v) is 4.54. The SMILES string of the molecule is C=CCNC(=NCC1CCN(Cc2ccc(OC)cc2)CC1)NCC.I. The zero-order valence-corrected chi connectivity index (χ0v) is 18.4. The third-order valence-electron chi connectivity index (χ3n) is 4.54. The number of nitrogens with one attached hydrogen (secondary N) is 2. The van der Waals surface area contributed by atoms with Gasteiger partial charge in [-0.15, -0.1) is 30.6 Å². The van der Waals surface area contributed by atoms with Crippen LogP contribution in [0.5, 0.6) is 5.75 Å². The molecule has 146 valence electrons. The quantitative estimate of drug-likeness (QED) is 0.264. The van der Waals surface area contributed by atoms with Gasteiger partial charge in [-0.2, -0.15) is 0 Å². The van der Waals surface area contributed by atoms with Gasteiger partial charge in [-0.05, 0) is 56.5 Å². The van der Waals surface area contributed by atoms with Gasteiger partial charge in [0.25, 0.3) is 0 Å². The Morgan fingerprint density at radius 1 is 1.27 bits per heavy atom. The van der Waals surface area contributed by atoms with E-state index < -0.39 is 0 Å². The number of hydrogen-bond acceptors (Lipinski definition) is 3. The van der Waals surface area contributed by atoms with Crippen molar-refractivity contribution in [3.63, 3.8) is 0 Å². The molecular formula is C20H33IN4O. The second kappa shape index (κ2) is 13.0. The summed E-state index contributed by atoms with van der Waals surface area (Å²) in [6, 6.07) is 8.39. The molecule has 5 nitrogen and oxygen atoms in total. The summed E-state index contributed by atoms with van der Waals surface area (Å²) in [6.45, 7) is 11.6. The van der Waals surface area contributed by atoms with Crippen LogP contribution in [0.15, 0.2) is 41.9 Å². The molecule has 2 rings (SSSR count). The highest BCUT2D eigenvalue weighted by Gasteiger charge is 2.19. The van der Waals surface area contributed by atoms with E-state index in [0.717, 1.165) is 51.0 Å². The first-order valence-corrected chi connectivity index (χ1v) is 9.23. The molecule has 0 bridgehead atoms. The van der Waals surface area contributed by atoms with Crippen LogP contribution < -0.4 is 15.4 Å². The highest BCUT2D eigenvalue weighted by Crippen LogP contribution is 2.20. The summed E-state index contributed by atoms with van der Waals surface area (Å²) in [5.41, 5.74) is 1.35. The first-order chi connectivity index (χ1) is 12.2. The van der Waals surface area contributed by atoms with Gasteiger partial charge in [0.1, 0.15) is 5.75 Å². The van der Waals surface area contributed by atoms with Crippen molar-refractivity contribution < 1.29 is 4.74 Å². The van der Waals surface area contributed by atoms with Crippen molar-refractivity contribution >= 4 is 29.9 Å². The van der Waals surface area contributed by atoms with Crippen molar-refractivity contribution in [3.8, 4) is 5.75 Å². The molecule has 1 aliphatic heterocycles. The van der Waals surface area contributed by atoms with Gasteiger partial charge in [0.2, 0.25) is 0 Å². The van der Waals surface area contributed by atoms with E-state index in [4.69, 9.17) is 9.73 Å². The Morgan fingerprint density at radius 3 is 2.54 bits per heavy atom. The van der Waals surface area contributed by atoms with Crippen LogP contribution in [0.4, 0.5) is 0 Å². The molecule has 1 aromatic rings. The van der Waals surface area contributed by atoms with Crippen LogP contribution in [0.2, 0.25) is 0 Å². The van der Waals surface area contributed by atoms with Crippen LogP contribution in [-0.4, -0.2) is 50.7 Å². The summed E-state index contributed by atoms with van der Waals surface area (Å²) in [4.78, 5) is 7.25. The van der Waals surface area contributed by atoms with E-state index in [9.17, 15) is 0 Å². The van der Waals surface area contributed by atoms with Gasteiger partial charge in [-0.3, -0.25) is 9.89 Å². The van der Waals surface area contributed by atoms with Gasteiger partial charge in [0.15, 0.2) is 5.96 Å². The van der Waals surface area contributed by atoms with E-state index >= 15 is 0 Å². The number of guanidine groups is 1. The average Bonchev–Trinajstić information content (AvgIpc) is 2.66. The van der Waals surface area contributed by atoms with E-state index in [1.54, 1.807) is 7.11 Å². The number of nitrogens with zero attached hydrogens (tertiary/aromatic N) is 2. The predicted molar refractivity (Wildman–Crippen MR) is 121 cm³/mol. The van der Waals surface area contributed by atoms with E-state index in [-0.39, 0.29) is 24.0 Å². The smallest absolute Gasteiger partial charge is 0.191 e. The maximum absolute atomic E-state index is 5.22. The summed E-state index contributed by atoms with van der Waals surface area (Å²) in [5, 5.41) is 6.54. The van der Waals surface area contributed by atoms with E-state index in [0.29, 0.717) is 5.92 Å². The Labute approximate surface area is 175 Å². The van der Waals surface area contributed by atoms with Gasteiger partial charge in [-0.25, -0.2) is 0 Å². The number of likely N-dealkylation sites (tertiary alicyclic amines) is 1. The van der Waals surface area contributed by atoms with Crippen molar-refractivity contribution in [1.82, 2.24) is 15.5 Å². The minimum absolute atomic E-state index is 0. The Morgan fingerprint density at radius 2 is 1.96 bits per heavy atom. The normalized spacial score (nSPS) is 15.8. The van der Waals surface area contributed by atoms with Crippen molar-refractivity contribution in [2.75, 3.05) is 39.8 Å². The molecule has 6 heteroatoms. The second-order valence-electron chi connectivity index (χ2n) is 6.46.